The summed E-state index contributed by atoms with van der Waals surface area (Å²) in [5, 5.41) is 0. The topological polar surface area (TPSA) is 53.7 Å². The van der Waals surface area contributed by atoms with Crippen LogP contribution in [-0.2, 0) is 9.47 Å². The lowest BCUT2D eigenvalue weighted by Gasteiger charge is -2.10. The van der Waals surface area contributed by atoms with Crippen LogP contribution in [0, 0.1) is 11.6 Å². The number of hydrogen-bond donors (Lipinski definition) is 1. The highest BCUT2D eigenvalue weighted by molar-refractivity contribution is 5.53. The molecule has 0 atom stereocenters. The SMILES string of the molecule is COCCOCCOc1c(N)ccc(F)c1F. The molecule has 17 heavy (non-hydrogen) atoms. The molecule has 0 fully saturated rings. The van der Waals surface area contributed by atoms with Gasteiger partial charge in [0, 0.05) is 7.11 Å². The van der Waals surface area contributed by atoms with Crippen molar-refractivity contribution in [1.29, 1.82) is 0 Å². The third-order valence-electron chi connectivity index (χ3n) is 1.99. The summed E-state index contributed by atoms with van der Waals surface area (Å²) in [7, 11) is 1.56. The summed E-state index contributed by atoms with van der Waals surface area (Å²) in [6.45, 7) is 1.23. The number of methoxy groups -OCH3 is 1. The first kappa shape index (κ1) is 13.7. The second-order valence-corrected chi connectivity index (χ2v) is 3.23. The molecule has 0 spiro atoms. The first-order valence-electron chi connectivity index (χ1n) is 5.09. The lowest BCUT2D eigenvalue weighted by atomic mass is 10.3. The first-order chi connectivity index (χ1) is 8.16. The van der Waals surface area contributed by atoms with E-state index in [2.05, 4.69) is 0 Å². The van der Waals surface area contributed by atoms with Crippen LogP contribution in [0.25, 0.3) is 0 Å². The van der Waals surface area contributed by atoms with Gasteiger partial charge in [0.25, 0.3) is 0 Å². The molecule has 0 saturated carbocycles. The molecule has 96 valence electrons. The van der Waals surface area contributed by atoms with Crippen molar-refractivity contribution >= 4 is 5.69 Å². The van der Waals surface area contributed by atoms with E-state index in [1.807, 2.05) is 0 Å². The number of hydrogen-bond acceptors (Lipinski definition) is 4. The Balaban J connectivity index is 2.39. The average Bonchev–Trinajstić information content (AvgIpc) is 2.32. The van der Waals surface area contributed by atoms with Gasteiger partial charge >= 0.3 is 0 Å². The standard InChI is InChI=1S/C11H15F2NO3/c1-15-4-5-16-6-7-17-11-9(14)3-2-8(12)10(11)13/h2-3H,4-7,14H2,1H3. The minimum absolute atomic E-state index is 0.0563. The van der Waals surface area contributed by atoms with Crippen molar-refractivity contribution in [2.45, 2.75) is 0 Å². The molecule has 1 aromatic rings. The maximum Gasteiger partial charge on any atom is 0.202 e. The van der Waals surface area contributed by atoms with E-state index < -0.39 is 11.6 Å². The van der Waals surface area contributed by atoms with E-state index in [9.17, 15) is 8.78 Å². The van der Waals surface area contributed by atoms with Crippen LogP contribution in [0.4, 0.5) is 14.5 Å². The summed E-state index contributed by atoms with van der Waals surface area (Å²) >= 11 is 0. The molecule has 4 nitrogen and oxygen atoms in total. The number of halogens is 2. The molecule has 0 amide bonds. The zero-order valence-corrected chi connectivity index (χ0v) is 9.54. The van der Waals surface area contributed by atoms with Gasteiger partial charge in [-0.25, -0.2) is 4.39 Å². The van der Waals surface area contributed by atoms with Crippen molar-refractivity contribution in [2.24, 2.45) is 0 Å². The van der Waals surface area contributed by atoms with Gasteiger partial charge in [-0.05, 0) is 12.1 Å². The summed E-state index contributed by atoms with van der Waals surface area (Å²) in [4.78, 5) is 0. The molecule has 1 rings (SSSR count). The fourth-order valence-corrected chi connectivity index (χ4v) is 1.14. The van der Waals surface area contributed by atoms with Crippen LogP contribution in [0.3, 0.4) is 0 Å². The van der Waals surface area contributed by atoms with Crippen LogP contribution in [0.1, 0.15) is 0 Å². The van der Waals surface area contributed by atoms with Crippen molar-refractivity contribution < 1.29 is 23.0 Å². The van der Waals surface area contributed by atoms with Crippen LogP contribution < -0.4 is 10.5 Å². The van der Waals surface area contributed by atoms with Crippen molar-refractivity contribution in [3.8, 4) is 5.75 Å². The highest BCUT2D eigenvalue weighted by Gasteiger charge is 2.12. The molecule has 0 radical (unpaired) electrons. The zero-order chi connectivity index (χ0) is 12.7. The van der Waals surface area contributed by atoms with Gasteiger partial charge in [-0.1, -0.05) is 0 Å². The predicted molar refractivity (Wildman–Crippen MR) is 59.0 cm³/mol. The Morgan fingerprint density at radius 2 is 1.82 bits per heavy atom. The normalized spacial score (nSPS) is 10.5. The lowest BCUT2D eigenvalue weighted by molar-refractivity contribution is 0.0538. The van der Waals surface area contributed by atoms with E-state index in [1.165, 1.54) is 6.07 Å². The molecule has 0 aromatic heterocycles. The molecule has 1 aromatic carbocycles. The summed E-state index contributed by atoms with van der Waals surface area (Å²) in [6, 6.07) is 2.20. The van der Waals surface area contributed by atoms with E-state index in [-0.39, 0.29) is 24.7 Å². The first-order valence-corrected chi connectivity index (χ1v) is 5.09. The van der Waals surface area contributed by atoms with E-state index in [0.717, 1.165) is 6.07 Å². The quantitative estimate of drug-likeness (QED) is 0.587. The third-order valence-corrected chi connectivity index (χ3v) is 1.99. The Bertz CT molecular complexity index is 361. The Morgan fingerprint density at radius 3 is 2.53 bits per heavy atom. The van der Waals surface area contributed by atoms with Crippen LogP contribution in [0.5, 0.6) is 5.75 Å². The number of ether oxygens (including phenoxy) is 3. The van der Waals surface area contributed by atoms with Gasteiger partial charge in [0.1, 0.15) is 6.61 Å². The third kappa shape index (κ3) is 4.16. The van der Waals surface area contributed by atoms with Gasteiger partial charge in [0.15, 0.2) is 11.6 Å². The average molecular weight is 247 g/mol. The predicted octanol–water partition coefficient (Wildman–Crippen LogP) is 1.59. The van der Waals surface area contributed by atoms with Crippen molar-refractivity contribution in [2.75, 3.05) is 39.3 Å². The van der Waals surface area contributed by atoms with Crippen LogP contribution in [0.2, 0.25) is 0 Å². The minimum atomic E-state index is -1.08. The molecular formula is C11H15F2NO3. The van der Waals surface area contributed by atoms with E-state index in [1.54, 1.807) is 7.11 Å². The number of benzene rings is 1. The largest absolute Gasteiger partial charge is 0.486 e. The van der Waals surface area contributed by atoms with Gasteiger partial charge in [-0.2, -0.15) is 4.39 Å². The van der Waals surface area contributed by atoms with Crippen LogP contribution in [0.15, 0.2) is 12.1 Å². The van der Waals surface area contributed by atoms with Gasteiger partial charge in [0.2, 0.25) is 5.82 Å². The molecule has 6 heteroatoms. The second-order valence-electron chi connectivity index (χ2n) is 3.23. The number of nitrogens with two attached hydrogens (primary N) is 1. The molecule has 0 saturated heterocycles. The molecular weight excluding hydrogens is 232 g/mol. The lowest BCUT2D eigenvalue weighted by Crippen LogP contribution is -2.11. The van der Waals surface area contributed by atoms with Gasteiger partial charge < -0.3 is 19.9 Å². The smallest absolute Gasteiger partial charge is 0.202 e. The number of anilines is 1. The van der Waals surface area contributed by atoms with Gasteiger partial charge in [0.05, 0.1) is 25.5 Å². The van der Waals surface area contributed by atoms with E-state index in [4.69, 9.17) is 19.9 Å². The monoisotopic (exact) mass is 247 g/mol. The van der Waals surface area contributed by atoms with E-state index in [0.29, 0.717) is 13.2 Å². The molecule has 0 aliphatic heterocycles. The molecule has 0 heterocycles. The highest BCUT2D eigenvalue weighted by Crippen LogP contribution is 2.26. The fraction of sp³-hybridized carbons (Fsp3) is 0.455. The van der Waals surface area contributed by atoms with Gasteiger partial charge in [-0.15, -0.1) is 0 Å². The van der Waals surface area contributed by atoms with Crippen molar-refractivity contribution in [1.82, 2.24) is 0 Å². The maximum absolute atomic E-state index is 13.3. The fourth-order valence-electron chi connectivity index (χ4n) is 1.14. The highest BCUT2D eigenvalue weighted by atomic mass is 19.2. The molecule has 0 aliphatic rings. The van der Waals surface area contributed by atoms with E-state index >= 15 is 0 Å². The number of rotatable bonds is 7. The summed E-state index contributed by atoms with van der Waals surface area (Å²) in [6.07, 6.45) is 0. The van der Waals surface area contributed by atoms with Gasteiger partial charge in [-0.3, -0.25) is 0 Å². The Morgan fingerprint density at radius 1 is 1.12 bits per heavy atom. The molecule has 0 bridgehead atoms. The summed E-state index contributed by atoms with van der Waals surface area (Å²) < 4.78 is 41.0. The molecule has 0 aliphatic carbocycles. The Kier molecular flexibility index (Phi) is 5.65. The Labute approximate surface area is 98.3 Å². The second kappa shape index (κ2) is 7.03. The summed E-state index contributed by atoms with van der Waals surface area (Å²) in [5.74, 6) is -2.35. The van der Waals surface area contributed by atoms with Crippen LogP contribution >= 0.6 is 0 Å². The van der Waals surface area contributed by atoms with Crippen molar-refractivity contribution in [3.63, 3.8) is 0 Å². The summed E-state index contributed by atoms with van der Waals surface area (Å²) in [5.41, 5.74) is 5.52. The van der Waals surface area contributed by atoms with Crippen molar-refractivity contribution in [3.05, 3.63) is 23.8 Å². The zero-order valence-electron chi connectivity index (χ0n) is 9.54. The molecule has 0 unspecified atom stereocenters. The maximum atomic E-state index is 13.3. The Hall–Kier alpha value is -1.40. The molecule has 2 N–H and O–H groups in total. The van der Waals surface area contributed by atoms with Crippen LogP contribution in [-0.4, -0.2) is 33.5 Å². The number of nitrogen functional groups attached to an aromatic ring is 1. The minimum Gasteiger partial charge on any atom is -0.486 e.